The van der Waals surface area contributed by atoms with E-state index >= 15 is 0 Å². The van der Waals surface area contributed by atoms with Gasteiger partial charge in [-0.3, -0.25) is 9.69 Å². The van der Waals surface area contributed by atoms with Crippen molar-refractivity contribution in [1.82, 2.24) is 4.90 Å². The second-order valence-electron chi connectivity index (χ2n) is 7.12. The average molecular weight is 407 g/mol. The highest BCUT2D eigenvalue weighted by atomic mass is 35.5. The molecule has 4 nitrogen and oxygen atoms in total. The quantitative estimate of drug-likeness (QED) is 0.750. The first kappa shape index (κ1) is 20.0. The van der Waals surface area contributed by atoms with Gasteiger partial charge < -0.3 is 10.0 Å². The van der Waals surface area contributed by atoms with Crippen LogP contribution >= 0.6 is 23.2 Å². The standard InChI is InChI=1S/C21H24Cl2N2O2/c1-24(2)15-11-9-14(10-12-15)20(16-6-5-7-17(22)19(16)23)25-13-4-3-8-18(25)21(26)27/h5-7,9-12,18,20H,3-4,8,13H2,1-2H3,(H,26,27). The van der Waals surface area contributed by atoms with Gasteiger partial charge in [-0.1, -0.05) is 53.9 Å². The summed E-state index contributed by atoms with van der Waals surface area (Å²) in [5.74, 6) is -0.789. The number of carboxylic acid groups (broad SMARTS) is 1. The Balaban J connectivity index is 2.11. The fourth-order valence-electron chi connectivity index (χ4n) is 3.76. The van der Waals surface area contributed by atoms with Gasteiger partial charge in [0, 0.05) is 19.8 Å². The molecular formula is C21H24Cl2N2O2. The molecule has 1 aliphatic rings. The Hall–Kier alpha value is -1.75. The molecule has 144 valence electrons. The van der Waals surface area contributed by atoms with Crippen molar-refractivity contribution >= 4 is 34.9 Å². The molecule has 0 radical (unpaired) electrons. The van der Waals surface area contributed by atoms with Gasteiger partial charge in [0.15, 0.2) is 0 Å². The number of nitrogens with zero attached hydrogens (tertiary/aromatic N) is 2. The number of rotatable bonds is 5. The molecule has 1 aliphatic heterocycles. The summed E-state index contributed by atoms with van der Waals surface area (Å²) in [6.07, 6.45) is 2.52. The number of carboxylic acids is 1. The number of piperidine rings is 1. The predicted molar refractivity (Wildman–Crippen MR) is 111 cm³/mol. The van der Waals surface area contributed by atoms with E-state index in [0.29, 0.717) is 23.0 Å². The number of anilines is 1. The van der Waals surface area contributed by atoms with Crippen LogP contribution in [-0.2, 0) is 4.79 Å². The van der Waals surface area contributed by atoms with Crippen LogP contribution in [0.15, 0.2) is 42.5 Å². The second kappa shape index (κ2) is 8.51. The maximum absolute atomic E-state index is 11.9. The first-order chi connectivity index (χ1) is 12.9. The zero-order valence-electron chi connectivity index (χ0n) is 15.5. The number of aliphatic carboxylic acids is 1. The molecule has 0 amide bonds. The van der Waals surface area contributed by atoms with Gasteiger partial charge in [-0.2, -0.15) is 0 Å². The molecule has 0 aromatic heterocycles. The molecule has 2 atom stereocenters. The second-order valence-corrected chi connectivity index (χ2v) is 7.90. The third-order valence-electron chi connectivity index (χ3n) is 5.16. The lowest BCUT2D eigenvalue weighted by atomic mass is 9.91. The molecule has 1 heterocycles. The number of hydrogen-bond donors (Lipinski definition) is 1. The summed E-state index contributed by atoms with van der Waals surface area (Å²) in [5.41, 5.74) is 2.94. The Morgan fingerprint density at radius 3 is 2.48 bits per heavy atom. The van der Waals surface area contributed by atoms with Gasteiger partial charge in [0.25, 0.3) is 0 Å². The van der Waals surface area contributed by atoms with Gasteiger partial charge in [-0.05, 0) is 48.7 Å². The highest BCUT2D eigenvalue weighted by Crippen LogP contribution is 2.40. The topological polar surface area (TPSA) is 43.8 Å². The summed E-state index contributed by atoms with van der Waals surface area (Å²) in [4.78, 5) is 16.0. The largest absolute Gasteiger partial charge is 0.480 e. The Bertz CT molecular complexity index is 808. The molecule has 6 heteroatoms. The summed E-state index contributed by atoms with van der Waals surface area (Å²) in [5, 5.41) is 10.7. The van der Waals surface area contributed by atoms with E-state index in [1.54, 1.807) is 6.07 Å². The SMILES string of the molecule is CN(C)c1ccc(C(c2cccc(Cl)c2Cl)N2CCCCC2C(=O)O)cc1. The lowest BCUT2D eigenvalue weighted by Crippen LogP contribution is -2.46. The Morgan fingerprint density at radius 2 is 1.85 bits per heavy atom. The number of hydrogen-bond acceptors (Lipinski definition) is 3. The van der Waals surface area contributed by atoms with Crippen LogP contribution in [0.4, 0.5) is 5.69 Å². The van der Waals surface area contributed by atoms with Crippen molar-refractivity contribution in [2.24, 2.45) is 0 Å². The molecule has 3 rings (SSSR count). The van der Waals surface area contributed by atoms with E-state index < -0.39 is 12.0 Å². The predicted octanol–water partition coefficient (Wildman–Crippen LogP) is 5.09. The summed E-state index contributed by atoms with van der Waals surface area (Å²) in [6.45, 7) is 0.708. The lowest BCUT2D eigenvalue weighted by Gasteiger charge is -2.40. The van der Waals surface area contributed by atoms with Gasteiger partial charge >= 0.3 is 5.97 Å². The first-order valence-electron chi connectivity index (χ1n) is 9.10. The van der Waals surface area contributed by atoms with E-state index in [0.717, 1.165) is 29.7 Å². The highest BCUT2D eigenvalue weighted by Gasteiger charge is 2.36. The smallest absolute Gasteiger partial charge is 0.320 e. The Kier molecular flexibility index (Phi) is 6.30. The van der Waals surface area contributed by atoms with E-state index in [4.69, 9.17) is 23.2 Å². The van der Waals surface area contributed by atoms with Crippen LogP contribution in [0, 0.1) is 0 Å². The zero-order chi connectivity index (χ0) is 19.6. The molecule has 0 aliphatic carbocycles. The van der Waals surface area contributed by atoms with Crippen molar-refractivity contribution in [2.75, 3.05) is 25.5 Å². The van der Waals surface area contributed by atoms with Crippen molar-refractivity contribution in [2.45, 2.75) is 31.3 Å². The fourth-order valence-corrected chi connectivity index (χ4v) is 4.18. The normalized spacial score (nSPS) is 18.9. The van der Waals surface area contributed by atoms with Crippen molar-refractivity contribution < 1.29 is 9.90 Å². The maximum Gasteiger partial charge on any atom is 0.320 e. The zero-order valence-corrected chi connectivity index (χ0v) is 17.0. The number of benzene rings is 2. The van der Waals surface area contributed by atoms with Crippen molar-refractivity contribution in [3.63, 3.8) is 0 Å². The minimum atomic E-state index is -0.789. The third-order valence-corrected chi connectivity index (χ3v) is 6.00. The summed E-state index contributed by atoms with van der Waals surface area (Å²) >= 11 is 12.8. The molecule has 2 unspecified atom stereocenters. The van der Waals surface area contributed by atoms with E-state index in [1.165, 1.54) is 0 Å². The molecule has 0 bridgehead atoms. The molecule has 27 heavy (non-hydrogen) atoms. The van der Waals surface area contributed by atoms with Crippen LogP contribution in [0.1, 0.15) is 36.4 Å². The molecule has 1 fully saturated rings. The molecule has 0 saturated carbocycles. The van der Waals surface area contributed by atoms with E-state index in [1.807, 2.05) is 60.3 Å². The van der Waals surface area contributed by atoms with Crippen LogP contribution in [0.5, 0.6) is 0 Å². The van der Waals surface area contributed by atoms with Crippen LogP contribution in [0.2, 0.25) is 10.0 Å². The summed E-state index contributed by atoms with van der Waals surface area (Å²) in [7, 11) is 3.98. The molecule has 2 aromatic carbocycles. The van der Waals surface area contributed by atoms with E-state index in [2.05, 4.69) is 0 Å². The molecule has 1 saturated heterocycles. The van der Waals surface area contributed by atoms with Gasteiger partial charge in [-0.15, -0.1) is 0 Å². The molecule has 2 aromatic rings. The number of likely N-dealkylation sites (tertiary alicyclic amines) is 1. The molecule has 1 N–H and O–H groups in total. The minimum Gasteiger partial charge on any atom is -0.480 e. The number of halogens is 2. The van der Waals surface area contributed by atoms with Crippen molar-refractivity contribution in [1.29, 1.82) is 0 Å². The van der Waals surface area contributed by atoms with Crippen LogP contribution < -0.4 is 4.90 Å². The van der Waals surface area contributed by atoms with Gasteiger partial charge in [0.2, 0.25) is 0 Å². The van der Waals surface area contributed by atoms with Crippen LogP contribution in [0.25, 0.3) is 0 Å². The minimum absolute atomic E-state index is 0.256. The van der Waals surface area contributed by atoms with Crippen LogP contribution in [-0.4, -0.2) is 42.7 Å². The summed E-state index contributed by atoms with van der Waals surface area (Å²) in [6, 6.07) is 12.9. The Labute approximate surface area is 170 Å². The molecule has 0 spiro atoms. The maximum atomic E-state index is 11.9. The lowest BCUT2D eigenvalue weighted by molar-refractivity contribution is -0.145. The van der Waals surface area contributed by atoms with Crippen molar-refractivity contribution in [3.05, 3.63) is 63.6 Å². The fraction of sp³-hybridized carbons (Fsp3) is 0.381. The van der Waals surface area contributed by atoms with Gasteiger partial charge in [0.1, 0.15) is 6.04 Å². The van der Waals surface area contributed by atoms with Gasteiger partial charge in [-0.25, -0.2) is 0 Å². The van der Waals surface area contributed by atoms with Gasteiger partial charge in [0.05, 0.1) is 16.1 Å². The average Bonchev–Trinajstić information content (AvgIpc) is 2.66. The molecular weight excluding hydrogens is 383 g/mol. The highest BCUT2D eigenvalue weighted by molar-refractivity contribution is 6.42. The van der Waals surface area contributed by atoms with Crippen molar-refractivity contribution in [3.8, 4) is 0 Å². The van der Waals surface area contributed by atoms with E-state index in [9.17, 15) is 9.90 Å². The van der Waals surface area contributed by atoms with E-state index in [-0.39, 0.29) is 6.04 Å². The first-order valence-corrected chi connectivity index (χ1v) is 9.85. The number of carbonyl (C=O) groups is 1. The van der Waals surface area contributed by atoms with Crippen LogP contribution in [0.3, 0.4) is 0 Å². The Morgan fingerprint density at radius 1 is 1.15 bits per heavy atom. The summed E-state index contributed by atoms with van der Waals surface area (Å²) < 4.78 is 0. The third kappa shape index (κ3) is 4.23. The monoisotopic (exact) mass is 406 g/mol.